The van der Waals surface area contributed by atoms with Gasteiger partial charge in [0.1, 0.15) is 5.82 Å². The first kappa shape index (κ1) is 18.3. The number of hydrogen-bond donors (Lipinski definition) is 1. The zero-order chi connectivity index (χ0) is 19.3. The number of aryl methyl sites for hydroxylation is 1. The minimum atomic E-state index is -0.915. The van der Waals surface area contributed by atoms with Crippen LogP contribution in [0.4, 0.5) is 8.78 Å². The predicted molar refractivity (Wildman–Crippen MR) is 97.0 cm³/mol. The van der Waals surface area contributed by atoms with Crippen LogP contribution in [-0.4, -0.2) is 49.9 Å². The van der Waals surface area contributed by atoms with Crippen LogP contribution in [0.25, 0.3) is 4.96 Å². The Hall–Kier alpha value is -2.10. The highest BCUT2D eigenvalue weighted by Crippen LogP contribution is 2.41. The van der Waals surface area contributed by atoms with Gasteiger partial charge in [0.2, 0.25) is 10.8 Å². The lowest BCUT2D eigenvalue weighted by Gasteiger charge is -2.40. The number of nitrogens with zero attached hydrogens (tertiary/aromatic N) is 4. The number of rotatable bonds is 3. The SMILES string of the molecule is Cc1nc2sc([C@H](c3ccc(F)c(F)c3)N3C[C@H](C)O[C@@H](C)C3)c(O)n2n1. The third-order valence-electron chi connectivity index (χ3n) is 4.63. The van der Waals surface area contributed by atoms with E-state index in [2.05, 4.69) is 15.0 Å². The average molecular weight is 394 g/mol. The standard InChI is InChI=1S/C18H20F2N4O2S/c1-9-7-23(8-10(2)26-9)15(12-4-5-13(19)14(20)6-12)16-17(25)24-18(27-16)21-11(3)22-24/h4-6,9-10,15,25H,7-8H2,1-3H3/t9-,10-,15-/m0/s1. The number of halogens is 2. The third-order valence-corrected chi connectivity index (χ3v) is 5.70. The Morgan fingerprint density at radius 3 is 2.56 bits per heavy atom. The molecule has 3 atom stereocenters. The lowest BCUT2D eigenvalue weighted by atomic mass is 10.0. The smallest absolute Gasteiger partial charge is 0.230 e. The van der Waals surface area contributed by atoms with Crippen molar-refractivity contribution in [3.63, 3.8) is 0 Å². The summed E-state index contributed by atoms with van der Waals surface area (Å²) < 4.78 is 34.7. The van der Waals surface area contributed by atoms with Crippen LogP contribution in [0.2, 0.25) is 0 Å². The lowest BCUT2D eigenvalue weighted by molar-refractivity contribution is -0.0764. The lowest BCUT2D eigenvalue weighted by Crippen LogP contribution is -2.47. The molecule has 0 bridgehead atoms. The molecule has 1 fully saturated rings. The normalized spacial score (nSPS) is 22.4. The van der Waals surface area contributed by atoms with E-state index in [9.17, 15) is 13.9 Å². The maximum absolute atomic E-state index is 14.0. The Bertz CT molecular complexity index is 979. The van der Waals surface area contributed by atoms with Crippen LogP contribution in [-0.2, 0) is 4.74 Å². The van der Waals surface area contributed by atoms with Crippen LogP contribution in [0.3, 0.4) is 0 Å². The molecule has 3 heterocycles. The van der Waals surface area contributed by atoms with Crippen molar-refractivity contribution in [1.29, 1.82) is 0 Å². The molecule has 0 spiro atoms. The number of hydrogen-bond acceptors (Lipinski definition) is 6. The van der Waals surface area contributed by atoms with E-state index < -0.39 is 17.7 Å². The van der Waals surface area contributed by atoms with E-state index in [-0.39, 0.29) is 18.1 Å². The summed E-state index contributed by atoms with van der Waals surface area (Å²) >= 11 is 1.29. The van der Waals surface area contributed by atoms with Crippen LogP contribution in [0.5, 0.6) is 5.88 Å². The molecule has 0 unspecified atom stereocenters. The largest absolute Gasteiger partial charge is 0.492 e. The van der Waals surface area contributed by atoms with Crippen molar-refractivity contribution in [3.05, 3.63) is 46.1 Å². The topological polar surface area (TPSA) is 62.9 Å². The van der Waals surface area contributed by atoms with E-state index in [1.807, 2.05) is 13.8 Å². The van der Waals surface area contributed by atoms with Gasteiger partial charge in [-0.1, -0.05) is 17.4 Å². The number of ether oxygens (including phenoxy) is 1. The highest BCUT2D eigenvalue weighted by molar-refractivity contribution is 7.17. The molecule has 6 nitrogen and oxygen atoms in total. The molecule has 0 amide bonds. The zero-order valence-electron chi connectivity index (χ0n) is 15.2. The van der Waals surface area contributed by atoms with Crippen molar-refractivity contribution in [1.82, 2.24) is 19.5 Å². The molecule has 3 aromatic rings. The molecule has 144 valence electrons. The van der Waals surface area contributed by atoms with Crippen molar-refractivity contribution < 1.29 is 18.6 Å². The number of morpholine rings is 1. The first-order chi connectivity index (χ1) is 12.8. The van der Waals surface area contributed by atoms with E-state index in [1.54, 1.807) is 13.0 Å². The molecule has 1 N–H and O–H groups in total. The summed E-state index contributed by atoms with van der Waals surface area (Å²) in [5.74, 6) is -1.29. The first-order valence-electron chi connectivity index (χ1n) is 8.73. The van der Waals surface area contributed by atoms with Crippen LogP contribution in [0, 0.1) is 18.6 Å². The molecule has 0 aliphatic carbocycles. The maximum Gasteiger partial charge on any atom is 0.230 e. The Morgan fingerprint density at radius 1 is 1.22 bits per heavy atom. The van der Waals surface area contributed by atoms with Crippen LogP contribution >= 0.6 is 11.3 Å². The Balaban J connectivity index is 1.85. The maximum atomic E-state index is 14.0. The van der Waals surface area contributed by atoms with Gasteiger partial charge >= 0.3 is 0 Å². The number of benzene rings is 1. The van der Waals surface area contributed by atoms with Gasteiger partial charge in [-0.15, -0.1) is 5.10 Å². The van der Waals surface area contributed by atoms with Gasteiger partial charge in [-0.25, -0.2) is 13.8 Å². The number of thiazole rings is 1. The molecule has 4 rings (SSSR count). The molecule has 9 heteroatoms. The molecule has 0 saturated carbocycles. The van der Waals surface area contributed by atoms with E-state index in [1.165, 1.54) is 21.9 Å². The Morgan fingerprint density at radius 2 is 1.93 bits per heavy atom. The van der Waals surface area contributed by atoms with Gasteiger partial charge in [0, 0.05) is 13.1 Å². The Labute approximate surface area is 159 Å². The average Bonchev–Trinajstić information content (AvgIpc) is 3.08. The van der Waals surface area contributed by atoms with Crippen molar-refractivity contribution in [2.24, 2.45) is 0 Å². The first-order valence-corrected chi connectivity index (χ1v) is 9.54. The fourth-order valence-corrected chi connectivity index (χ4v) is 4.83. The van der Waals surface area contributed by atoms with Crippen molar-refractivity contribution in [2.75, 3.05) is 13.1 Å². The highest BCUT2D eigenvalue weighted by atomic mass is 32.1. The van der Waals surface area contributed by atoms with Gasteiger partial charge in [-0.05, 0) is 38.5 Å². The molecule has 27 heavy (non-hydrogen) atoms. The molecular weight excluding hydrogens is 374 g/mol. The Kier molecular flexibility index (Phi) is 4.61. The summed E-state index contributed by atoms with van der Waals surface area (Å²) in [5, 5.41) is 15.0. The van der Waals surface area contributed by atoms with E-state index in [0.29, 0.717) is 34.3 Å². The van der Waals surface area contributed by atoms with Gasteiger partial charge in [-0.3, -0.25) is 4.90 Å². The number of fused-ring (bicyclic) bond motifs is 1. The minimum Gasteiger partial charge on any atom is -0.492 e. The summed E-state index contributed by atoms with van der Waals surface area (Å²) in [4.78, 5) is 7.58. The van der Waals surface area contributed by atoms with Gasteiger partial charge in [-0.2, -0.15) is 4.52 Å². The number of aromatic nitrogens is 3. The van der Waals surface area contributed by atoms with Crippen molar-refractivity contribution in [3.8, 4) is 5.88 Å². The monoisotopic (exact) mass is 394 g/mol. The van der Waals surface area contributed by atoms with Gasteiger partial charge in [0.25, 0.3) is 0 Å². The second kappa shape index (κ2) is 6.81. The summed E-state index contributed by atoms with van der Waals surface area (Å²) in [6.45, 7) is 6.88. The van der Waals surface area contributed by atoms with E-state index >= 15 is 0 Å². The molecule has 2 aromatic heterocycles. The fraction of sp³-hybridized carbons (Fsp3) is 0.444. The second-order valence-electron chi connectivity index (χ2n) is 6.93. The molecule has 1 aliphatic rings. The molecule has 0 radical (unpaired) electrons. The minimum absolute atomic E-state index is 0.0203. The van der Waals surface area contributed by atoms with Crippen molar-refractivity contribution in [2.45, 2.75) is 39.0 Å². The summed E-state index contributed by atoms with van der Waals surface area (Å²) in [6, 6.07) is 3.39. The quantitative estimate of drug-likeness (QED) is 0.739. The van der Waals surface area contributed by atoms with Gasteiger partial charge in [0.15, 0.2) is 11.6 Å². The van der Waals surface area contributed by atoms with Crippen molar-refractivity contribution >= 4 is 16.3 Å². The third kappa shape index (κ3) is 3.30. The molecule has 1 aliphatic heterocycles. The summed E-state index contributed by atoms with van der Waals surface area (Å²) in [5.41, 5.74) is 0.562. The predicted octanol–water partition coefficient (Wildman–Crippen LogP) is 3.28. The molecule has 1 saturated heterocycles. The van der Waals surface area contributed by atoms with Crippen LogP contribution in [0.15, 0.2) is 18.2 Å². The molecular formula is C18H20F2N4O2S. The van der Waals surface area contributed by atoms with Crippen LogP contribution in [0.1, 0.15) is 36.2 Å². The summed E-state index contributed by atoms with van der Waals surface area (Å²) in [7, 11) is 0. The second-order valence-corrected chi connectivity index (χ2v) is 7.94. The summed E-state index contributed by atoms with van der Waals surface area (Å²) in [6.07, 6.45) is -0.0406. The zero-order valence-corrected chi connectivity index (χ0v) is 16.0. The van der Waals surface area contributed by atoms with Crippen LogP contribution < -0.4 is 0 Å². The fourth-order valence-electron chi connectivity index (χ4n) is 3.67. The van der Waals surface area contributed by atoms with Gasteiger partial charge in [0.05, 0.1) is 23.1 Å². The van der Waals surface area contributed by atoms with E-state index in [0.717, 1.165) is 6.07 Å². The van der Waals surface area contributed by atoms with Gasteiger partial charge < -0.3 is 9.84 Å². The van der Waals surface area contributed by atoms with E-state index in [4.69, 9.17) is 4.74 Å². The molecule has 1 aromatic carbocycles. The number of aromatic hydroxyl groups is 1. The highest BCUT2D eigenvalue weighted by Gasteiger charge is 2.34.